The maximum Gasteiger partial charge on any atom is 0.193 e. The lowest BCUT2D eigenvalue weighted by Crippen LogP contribution is -2.41. The molecule has 7 heteroatoms. The molecule has 0 bridgehead atoms. The van der Waals surface area contributed by atoms with Crippen LogP contribution in [-0.4, -0.2) is 41.6 Å². The molecular formula is C12H15Cl2N3O2. The highest BCUT2D eigenvalue weighted by Crippen LogP contribution is 2.36. The van der Waals surface area contributed by atoms with Gasteiger partial charge < -0.3 is 14.8 Å². The number of hydrogen-bond donors (Lipinski definition) is 1. The van der Waals surface area contributed by atoms with Crippen molar-refractivity contribution in [2.75, 3.05) is 19.7 Å². The maximum absolute atomic E-state index is 5.96. The van der Waals surface area contributed by atoms with Crippen LogP contribution in [0.15, 0.2) is 6.07 Å². The van der Waals surface area contributed by atoms with Crippen LogP contribution in [0, 0.1) is 0 Å². The van der Waals surface area contributed by atoms with E-state index in [1.165, 1.54) is 0 Å². The van der Waals surface area contributed by atoms with E-state index < -0.39 is 0 Å². The number of ether oxygens (including phenoxy) is 2. The van der Waals surface area contributed by atoms with Crippen LogP contribution >= 0.6 is 23.2 Å². The average molecular weight is 304 g/mol. The quantitative estimate of drug-likeness (QED) is 0.906. The van der Waals surface area contributed by atoms with Gasteiger partial charge in [-0.2, -0.15) is 0 Å². The lowest BCUT2D eigenvalue weighted by Gasteiger charge is -2.32. The van der Waals surface area contributed by atoms with Crippen LogP contribution in [0.25, 0.3) is 0 Å². The molecule has 0 amide bonds. The monoisotopic (exact) mass is 303 g/mol. The number of piperidine rings is 1. The fourth-order valence-corrected chi connectivity index (χ4v) is 2.98. The third-order valence-electron chi connectivity index (χ3n) is 3.67. The van der Waals surface area contributed by atoms with E-state index in [4.69, 9.17) is 32.7 Å². The summed E-state index contributed by atoms with van der Waals surface area (Å²) in [5.41, 5.74) is -0.0351. The Labute approximate surface area is 121 Å². The van der Waals surface area contributed by atoms with E-state index >= 15 is 0 Å². The third-order valence-corrected chi connectivity index (χ3v) is 4.12. The molecule has 2 saturated heterocycles. The normalized spacial score (nSPS) is 25.7. The van der Waals surface area contributed by atoms with Crippen molar-refractivity contribution >= 4 is 23.2 Å². The predicted octanol–water partition coefficient (Wildman–Crippen LogP) is 2.07. The molecule has 0 aromatic carbocycles. The summed E-state index contributed by atoms with van der Waals surface area (Å²) in [6, 6.07) is 1.59. The van der Waals surface area contributed by atoms with Gasteiger partial charge in [0.25, 0.3) is 0 Å². The molecule has 0 radical (unpaired) electrons. The third kappa shape index (κ3) is 2.94. The Bertz CT molecular complexity index is 466. The first-order chi connectivity index (χ1) is 9.17. The molecule has 0 saturated carbocycles. The molecule has 19 heavy (non-hydrogen) atoms. The highest BCUT2D eigenvalue weighted by molar-refractivity contribution is 6.32. The van der Waals surface area contributed by atoms with Crippen molar-refractivity contribution in [3.63, 3.8) is 0 Å². The molecule has 0 aliphatic carbocycles. The number of rotatable bonds is 2. The average Bonchev–Trinajstić information content (AvgIpc) is 2.78. The first kappa shape index (κ1) is 13.4. The molecule has 2 fully saturated rings. The Morgan fingerprint density at radius 2 is 2.11 bits per heavy atom. The van der Waals surface area contributed by atoms with Crippen molar-refractivity contribution in [3.8, 4) is 5.75 Å². The first-order valence-corrected chi connectivity index (χ1v) is 7.13. The molecule has 104 valence electrons. The minimum absolute atomic E-state index is 0.00383. The fraction of sp³-hybridized carbons (Fsp3) is 0.667. The molecule has 1 atom stereocenters. The number of hydrogen-bond acceptors (Lipinski definition) is 5. The smallest absolute Gasteiger partial charge is 0.193 e. The number of nitrogens with zero attached hydrogens (tertiary/aromatic N) is 2. The second kappa shape index (κ2) is 5.40. The van der Waals surface area contributed by atoms with E-state index in [1.807, 2.05) is 0 Å². The molecule has 2 aliphatic rings. The summed E-state index contributed by atoms with van der Waals surface area (Å²) in [6.45, 7) is 2.57. The zero-order valence-electron chi connectivity index (χ0n) is 10.4. The Morgan fingerprint density at radius 3 is 2.89 bits per heavy atom. The molecule has 5 nitrogen and oxygen atoms in total. The molecule has 3 rings (SSSR count). The van der Waals surface area contributed by atoms with Crippen LogP contribution in [0.4, 0.5) is 0 Å². The van der Waals surface area contributed by atoms with Gasteiger partial charge in [-0.15, -0.1) is 10.2 Å². The Kier molecular flexibility index (Phi) is 3.80. The summed E-state index contributed by atoms with van der Waals surface area (Å²) in [5.74, 6) is 0.473. The van der Waals surface area contributed by atoms with Crippen molar-refractivity contribution in [2.24, 2.45) is 0 Å². The summed E-state index contributed by atoms with van der Waals surface area (Å²) in [7, 11) is 0. The van der Waals surface area contributed by atoms with Gasteiger partial charge >= 0.3 is 0 Å². The molecule has 1 spiro atoms. The maximum atomic E-state index is 5.96. The molecular weight excluding hydrogens is 289 g/mol. The van der Waals surface area contributed by atoms with Gasteiger partial charge in [-0.25, -0.2) is 0 Å². The Hall–Kier alpha value is -0.620. The van der Waals surface area contributed by atoms with Gasteiger partial charge in [-0.05, 0) is 25.9 Å². The standard InChI is InChI=1S/C12H15Cl2N3O2/c13-10-5-9(11(14)17-16-10)19-8-6-12(18-7-8)1-3-15-4-2-12/h5,8,15H,1-4,6-7H2. The first-order valence-electron chi connectivity index (χ1n) is 6.37. The van der Waals surface area contributed by atoms with Crippen molar-refractivity contribution < 1.29 is 9.47 Å². The van der Waals surface area contributed by atoms with Crippen molar-refractivity contribution in [2.45, 2.75) is 31.0 Å². The van der Waals surface area contributed by atoms with Gasteiger partial charge in [0.2, 0.25) is 0 Å². The molecule has 1 unspecified atom stereocenters. The molecule has 1 aromatic rings. The van der Waals surface area contributed by atoms with E-state index in [-0.39, 0.29) is 22.0 Å². The number of aromatic nitrogens is 2. The van der Waals surface area contributed by atoms with E-state index in [0.29, 0.717) is 12.4 Å². The van der Waals surface area contributed by atoms with Crippen LogP contribution < -0.4 is 10.1 Å². The van der Waals surface area contributed by atoms with E-state index in [9.17, 15) is 0 Å². The second-order valence-corrected chi connectivity index (χ2v) is 5.76. The largest absolute Gasteiger partial charge is 0.484 e. The van der Waals surface area contributed by atoms with Gasteiger partial charge in [0.1, 0.15) is 6.10 Å². The van der Waals surface area contributed by atoms with Crippen molar-refractivity contribution in [3.05, 3.63) is 16.4 Å². The van der Waals surface area contributed by atoms with E-state index in [0.717, 1.165) is 32.4 Å². The summed E-state index contributed by atoms with van der Waals surface area (Å²) >= 11 is 11.7. The van der Waals surface area contributed by atoms with E-state index in [1.54, 1.807) is 6.07 Å². The summed E-state index contributed by atoms with van der Waals surface area (Å²) in [4.78, 5) is 0. The minimum atomic E-state index is -0.0351. The molecule has 1 aromatic heterocycles. The lowest BCUT2D eigenvalue weighted by atomic mass is 9.89. The van der Waals surface area contributed by atoms with Gasteiger partial charge in [0.05, 0.1) is 12.2 Å². The lowest BCUT2D eigenvalue weighted by molar-refractivity contribution is -0.0205. The van der Waals surface area contributed by atoms with Crippen molar-refractivity contribution in [1.82, 2.24) is 15.5 Å². The van der Waals surface area contributed by atoms with E-state index in [2.05, 4.69) is 15.5 Å². The fourth-order valence-electron chi connectivity index (χ4n) is 2.71. The Morgan fingerprint density at radius 1 is 1.32 bits per heavy atom. The molecule has 2 aliphatic heterocycles. The molecule has 1 N–H and O–H groups in total. The summed E-state index contributed by atoms with van der Waals surface area (Å²) in [5, 5.41) is 11.2. The van der Waals surface area contributed by atoms with Gasteiger partial charge in [-0.3, -0.25) is 0 Å². The zero-order valence-corrected chi connectivity index (χ0v) is 11.9. The predicted molar refractivity (Wildman–Crippen MR) is 71.9 cm³/mol. The van der Waals surface area contributed by atoms with Crippen LogP contribution in [0.3, 0.4) is 0 Å². The van der Waals surface area contributed by atoms with Crippen LogP contribution in [-0.2, 0) is 4.74 Å². The van der Waals surface area contributed by atoms with Crippen molar-refractivity contribution in [1.29, 1.82) is 0 Å². The number of nitrogens with one attached hydrogen (secondary N) is 1. The van der Waals surface area contributed by atoms with Gasteiger partial charge in [0, 0.05) is 12.5 Å². The summed E-state index contributed by atoms with van der Waals surface area (Å²) < 4.78 is 11.8. The zero-order chi connectivity index (χ0) is 13.3. The van der Waals surface area contributed by atoms with Crippen LogP contribution in [0.1, 0.15) is 19.3 Å². The number of halogens is 2. The van der Waals surface area contributed by atoms with Gasteiger partial charge in [-0.1, -0.05) is 23.2 Å². The highest BCUT2D eigenvalue weighted by atomic mass is 35.5. The van der Waals surface area contributed by atoms with Gasteiger partial charge in [0.15, 0.2) is 16.1 Å². The Balaban J connectivity index is 1.66. The SMILES string of the molecule is Clc1cc(OC2COC3(CCNCC3)C2)c(Cl)nn1. The van der Waals surface area contributed by atoms with Crippen LogP contribution in [0.5, 0.6) is 5.75 Å². The summed E-state index contributed by atoms with van der Waals surface area (Å²) in [6.07, 6.45) is 2.92. The highest BCUT2D eigenvalue weighted by Gasteiger charge is 2.42. The van der Waals surface area contributed by atoms with Crippen LogP contribution in [0.2, 0.25) is 10.3 Å². The topological polar surface area (TPSA) is 56.3 Å². The molecule has 3 heterocycles. The second-order valence-electron chi connectivity index (χ2n) is 5.01. The minimum Gasteiger partial charge on any atom is -0.484 e.